The Bertz CT molecular complexity index is 828. The van der Waals surface area contributed by atoms with Crippen LogP contribution in [0.3, 0.4) is 0 Å². The summed E-state index contributed by atoms with van der Waals surface area (Å²) >= 11 is 0. The van der Waals surface area contributed by atoms with Crippen LogP contribution in [0.5, 0.6) is 0 Å². The predicted octanol–water partition coefficient (Wildman–Crippen LogP) is 1.96. The molecular weight excluding hydrogens is 306 g/mol. The van der Waals surface area contributed by atoms with E-state index in [-0.39, 0.29) is 11.9 Å². The molecule has 0 unspecified atom stereocenters. The number of nitrogens with zero attached hydrogens (tertiary/aromatic N) is 4. The van der Waals surface area contributed by atoms with Crippen molar-refractivity contribution in [2.45, 2.75) is 18.9 Å². The lowest BCUT2D eigenvalue weighted by molar-refractivity contribution is 0.0925. The molecule has 4 rings (SSSR count). The van der Waals surface area contributed by atoms with Gasteiger partial charge in [0.25, 0.3) is 11.9 Å². The van der Waals surface area contributed by atoms with E-state index in [1.807, 2.05) is 24.3 Å². The van der Waals surface area contributed by atoms with Crippen LogP contribution in [0.4, 0.5) is 6.01 Å². The highest BCUT2D eigenvalue weighted by molar-refractivity contribution is 5.92. The van der Waals surface area contributed by atoms with E-state index >= 15 is 0 Å². The first-order valence-electron chi connectivity index (χ1n) is 8.10. The van der Waals surface area contributed by atoms with Gasteiger partial charge in [-0.25, -0.2) is 0 Å². The molecule has 0 saturated carbocycles. The molecule has 0 radical (unpaired) electrons. The maximum Gasteiger partial charge on any atom is 0.298 e. The molecule has 0 spiro atoms. The maximum absolute atomic E-state index is 12.2. The second kappa shape index (κ2) is 5.99. The number of aryl methyl sites for hydroxylation is 1. The first kappa shape index (κ1) is 14.7. The number of anilines is 1. The molecule has 3 heterocycles. The zero-order valence-corrected chi connectivity index (χ0v) is 13.5. The number of rotatable bonds is 3. The molecule has 1 saturated heterocycles. The molecule has 1 N–H and O–H groups in total. The molecule has 1 aromatic carbocycles. The molecule has 1 aliphatic rings. The molecule has 7 nitrogen and oxygen atoms in total. The van der Waals surface area contributed by atoms with E-state index in [9.17, 15) is 4.79 Å². The third-order valence-electron chi connectivity index (χ3n) is 4.33. The average Bonchev–Trinajstić information content (AvgIpc) is 3.21. The third-order valence-corrected chi connectivity index (χ3v) is 4.33. The van der Waals surface area contributed by atoms with Crippen molar-refractivity contribution >= 4 is 23.0 Å². The summed E-state index contributed by atoms with van der Waals surface area (Å²) in [6.45, 7) is 1.61. The normalized spacial score (nSPS) is 15.8. The zero-order valence-electron chi connectivity index (χ0n) is 13.5. The summed E-state index contributed by atoms with van der Waals surface area (Å²) in [6, 6.07) is 10.3. The molecule has 124 valence electrons. The lowest BCUT2D eigenvalue weighted by Crippen LogP contribution is -2.45. The lowest BCUT2D eigenvalue weighted by Gasteiger charge is -2.31. The van der Waals surface area contributed by atoms with Gasteiger partial charge in [-0.15, -0.1) is 0 Å². The Morgan fingerprint density at radius 3 is 2.75 bits per heavy atom. The highest BCUT2D eigenvalue weighted by Crippen LogP contribution is 2.24. The SMILES string of the molecule is Cn1ccc(C(=O)NC2CCN(c3nc4ccccc4o3)CC2)n1. The summed E-state index contributed by atoms with van der Waals surface area (Å²) in [7, 11) is 1.80. The minimum atomic E-state index is -0.115. The van der Waals surface area contributed by atoms with Gasteiger partial charge in [0.05, 0.1) is 0 Å². The smallest absolute Gasteiger partial charge is 0.298 e. The van der Waals surface area contributed by atoms with Crippen molar-refractivity contribution in [3.05, 3.63) is 42.2 Å². The Labute approximate surface area is 139 Å². The van der Waals surface area contributed by atoms with E-state index in [4.69, 9.17) is 4.42 Å². The lowest BCUT2D eigenvalue weighted by atomic mass is 10.1. The van der Waals surface area contributed by atoms with E-state index in [0.717, 1.165) is 37.0 Å². The van der Waals surface area contributed by atoms with Gasteiger partial charge in [0, 0.05) is 32.4 Å². The molecule has 0 aliphatic carbocycles. The Kier molecular flexibility index (Phi) is 3.68. The number of aromatic nitrogens is 3. The Morgan fingerprint density at radius 2 is 2.04 bits per heavy atom. The number of fused-ring (bicyclic) bond motifs is 1. The van der Waals surface area contributed by atoms with Crippen molar-refractivity contribution in [3.63, 3.8) is 0 Å². The van der Waals surface area contributed by atoms with Crippen LogP contribution in [0.15, 0.2) is 40.9 Å². The van der Waals surface area contributed by atoms with Crippen molar-refractivity contribution < 1.29 is 9.21 Å². The fraction of sp³-hybridized carbons (Fsp3) is 0.353. The predicted molar refractivity (Wildman–Crippen MR) is 89.9 cm³/mol. The number of para-hydroxylation sites is 2. The van der Waals surface area contributed by atoms with Gasteiger partial charge in [-0.05, 0) is 31.0 Å². The molecule has 7 heteroatoms. The summed E-state index contributed by atoms with van der Waals surface area (Å²) < 4.78 is 7.44. The minimum Gasteiger partial charge on any atom is -0.423 e. The second-order valence-corrected chi connectivity index (χ2v) is 6.07. The van der Waals surface area contributed by atoms with Gasteiger partial charge in [0.2, 0.25) is 0 Å². The molecule has 0 bridgehead atoms. The van der Waals surface area contributed by atoms with Gasteiger partial charge in [-0.1, -0.05) is 12.1 Å². The van der Waals surface area contributed by atoms with Crippen LogP contribution < -0.4 is 10.2 Å². The quantitative estimate of drug-likeness (QED) is 0.796. The van der Waals surface area contributed by atoms with Gasteiger partial charge in [0.1, 0.15) is 11.2 Å². The second-order valence-electron chi connectivity index (χ2n) is 6.07. The molecule has 1 amide bonds. The summed E-state index contributed by atoms with van der Waals surface area (Å²) in [4.78, 5) is 18.8. The highest BCUT2D eigenvalue weighted by Gasteiger charge is 2.24. The Balaban J connectivity index is 1.37. The van der Waals surface area contributed by atoms with Crippen molar-refractivity contribution in [1.29, 1.82) is 0 Å². The van der Waals surface area contributed by atoms with E-state index in [1.54, 1.807) is 24.0 Å². The van der Waals surface area contributed by atoms with E-state index in [1.165, 1.54) is 0 Å². The first-order valence-corrected chi connectivity index (χ1v) is 8.10. The number of oxazole rings is 1. The Morgan fingerprint density at radius 1 is 1.25 bits per heavy atom. The average molecular weight is 325 g/mol. The van der Waals surface area contributed by atoms with E-state index in [2.05, 4.69) is 20.3 Å². The number of hydrogen-bond donors (Lipinski definition) is 1. The number of carbonyl (C=O) groups is 1. The van der Waals surface area contributed by atoms with E-state index < -0.39 is 0 Å². The van der Waals surface area contributed by atoms with Gasteiger partial charge in [0.15, 0.2) is 5.58 Å². The fourth-order valence-corrected chi connectivity index (χ4v) is 3.01. The van der Waals surface area contributed by atoms with Crippen LogP contribution in [0.25, 0.3) is 11.1 Å². The van der Waals surface area contributed by atoms with E-state index in [0.29, 0.717) is 11.7 Å². The molecule has 3 aromatic rings. The van der Waals surface area contributed by atoms with Crippen molar-refractivity contribution in [3.8, 4) is 0 Å². The van der Waals surface area contributed by atoms with Crippen molar-refractivity contribution in [2.75, 3.05) is 18.0 Å². The fourth-order valence-electron chi connectivity index (χ4n) is 3.01. The number of piperidine rings is 1. The standard InChI is InChI=1S/C17H19N5O2/c1-21-9-8-14(20-21)16(23)18-12-6-10-22(11-7-12)17-19-13-4-2-3-5-15(13)24-17/h2-5,8-9,12H,6-7,10-11H2,1H3,(H,18,23). The largest absolute Gasteiger partial charge is 0.423 e. The summed E-state index contributed by atoms with van der Waals surface area (Å²) in [5, 5.41) is 7.19. The topological polar surface area (TPSA) is 76.2 Å². The molecule has 1 fully saturated rings. The number of benzene rings is 1. The number of hydrogen-bond acceptors (Lipinski definition) is 5. The summed E-state index contributed by atoms with van der Waals surface area (Å²) in [5.41, 5.74) is 2.13. The number of nitrogens with one attached hydrogen (secondary N) is 1. The molecule has 24 heavy (non-hydrogen) atoms. The Hall–Kier alpha value is -2.83. The van der Waals surface area contributed by atoms with Crippen molar-refractivity contribution in [1.82, 2.24) is 20.1 Å². The van der Waals surface area contributed by atoms with Gasteiger partial charge in [-0.3, -0.25) is 9.48 Å². The van der Waals surface area contributed by atoms with Gasteiger partial charge in [-0.2, -0.15) is 10.1 Å². The number of amides is 1. The van der Waals surface area contributed by atoms with Crippen LogP contribution >= 0.6 is 0 Å². The third kappa shape index (κ3) is 2.84. The maximum atomic E-state index is 12.2. The minimum absolute atomic E-state index is 0.115. The monoisotopic (exact) mass is 325 g/mol. The van der Waals surface area contributed by atoms with Crippen LogP contribution in [0.1, 0.15) is 23.3 Å². The van der Waals surface area contributed by atoms with Gasteiger partial charge >= 0.3 is 0 Å². The van der Waals surface area contributed by atoms with Crippen LogP contribution in [0.2, 0.25) is 0 Å². The highest BCUT2D eigenvalue weighted by atomic mass is 16.4. The zero-order chi connectivity index (χ0) is 16.5. The van der Waals surface area contributed by atoms with Crippen LogP contribution in [-0.2, 0) is 7.05 Å². The summed E-state index contributed by atoms with van der Waals surface area (Å²) in [6.07, 6.45) is 3.49. The summed E-state index contributed by atoms with van der Waals surface area (Å²) in [5.74, 6) is -0.115. The van der Waals surface area contributed by atoms with Crippen molar-refractivity contribution in [2.24, 2.45) is 7.05 Å². The molecule has 0 atom stereocenters. The molecule has 1 aliphatic heterocycles. The number of carbonyl (C=O) groups excluding carboxylic acids is 1. The first-order chi connectivity index (χ1) is 11.7. The molecule has 2 aromatic heterocycles. The van der Waals surface area contributed by atoms with Gasteiger partial charge < -0.3 is 14.6 Å². The van der Waals surface area contributed by atoms with Crippen LogP contribution in [0, 0.1) is 0 Å². The van der Waals surface area contributed by atoms with Crippen LogP contribution in [-0.4, -0.2) is 39.8 Å². The molecular formula is C17H19N5O2.